The molecule has 3 aromatic rings. The summed E-state index contributed by atoms with van der Waals surface area (Å²) in [5.74, 6) is -0.00783. The maximum atomic E-state index is 13.5. The number of nitrogens with zero attached hydrogens (tertiary/aromatic N) is 1. The highest BCUT2D eigenvalue weighted by Crippen LogP contribution is 2.23. The van der Waals surface area contributed by atoms with Crippen LogP contribution in [-0.4, -0.2) is 9.67 Å². The van der Waals surface area contributed by atoms with Crippen LogP contribution in [0, 0.1) is 5.82 Å². The number of hydrogen-bond acceptors (Lipinski definition) is 1. The third kappa shape index (κ3) is 2.36. The summed E-state index contributed by atoms with van der Waals surface area (Å²) in [7, 11) is 0. The molecule has 1 heterocycles. The van der Waals surface area contributed by atoms with E-state index in [4.69, 9.17) is 0 Å². The molecule has 0 aliphatic carbocycles. The molecule has 96 valence electrons. The highest BCUT2D eigenvalue weighted by atomic mass is 79.9. The van der Waals surface area contributed by atoms with Gasteiger partial charge in [0, 0.05) is 23.6 Å². The molecule has 1 N–H and O–H groups in total. The second kappa shape index (κ2) is 4.70. The molecule has 2 nitrogen and oxygen atoms in total. The smallest absolute Gasteiger partial charge is 0.137 e. The van der Waals surface area contributed by atoms with Crippen LogP contribution >= 0.6 is 15.9 Å². The van der Waals surface area contributed by atoms with Crippen molar-refractivity contribution >= 4 is 26.8 Å². The number of phenols is 1. The fourth-order valence-corrected chi connectivity index (χ4v) is 2.41. The first-order chi connectivity index (χ1) is 9.13. The van der Waals surface area contributed by atoms with E-state index in [1.54, 1.807) is 18.2 Å². The van der Waals surface area contributed by atoms with E-state index in [-0.39, 0.29) is 11.6 Å². The second-order valence-electron chi connectivity index (χ2n) is 4.44. The molecule has 4 heteroatoms. The van der Waals surface area contributed by atoms with Gasteiger partial charge in [-0.15, -0.1) is 0 Å². The molecule has 2 aromatic carbocycles. The van der Waals surface area contributed by atoms with Gasteiger partial charge in [-0.3, -0.25) is 0 Å². The molecule has 0 spiro atoms. The molecule has 1 aromatic heterocycles. The minimum absolute atomic E-state index is 0.250. The van der Waals surface area contributed by atoms with Gasteiger partial charge in [-0.05, 0) is 57.9 Å². The zero-order valence-corrected chi connectivity index (χ0v) is 11.6. The largest absolute Gasteiger partial charge is 0.508 e. The summed E-state index contributed by atoms with van der Waals surface area (Å²) in [6.07, 6.45) is 1.93. The summed E-state index contributed by atoms with van der Waals surface area (Å²) in [5, 5.41) is 10.4. The van der Waals surface area contributed by atoms with Gasteiger partial charge in [-0.25, -0.2) is 4.39 Å². The van der Waals surface area contributed by atoms with Crippen LogP contribution in [0.1, 0.15) is 5.56 Å². The highest BCUT2D eigenvalue weighted by Gasteiger charge is 2.05. The normalized spacial score (nSPS) is 11.1. The summed E-state index contributed by atoms with van der Waals surface area (Å²) < 4.78 is 16.0. The number of aromatic hydroxyl groups is 1. The lowest BCUT2D eigenvalue weighted by Crippen LogP contribution is -1.98. The number of rotatable bonds is 2. The van der Waals surface area contributed by atoms with Crippen molar-refractivity contribution in [2.45, 2.75) is 6.54 Å². The first-order valence-electron chi connectivity index (χ1n) is 5.85. The van der Waals surface area contributed by atoms with Crippen molar-refractivity contribution in [2.75, 3.05) is 0 Å². The van der Waals surface area contributed by atoms with Gasteiger partial charge in [-0.1, -0.05) is 6.07 Å². The van der Waals surface area contributed by atoms with Crippen molar-refractivity contribution < 1.29 is 9.50 Å². The minimum atomic E-state index is -0.258. The number of phenolic OH excluding ortho intramolecular Hbond substituents is 1. The first-order valence-corrected chi connectivity index (χ1v) is 6.64. The highest BCUT2D eigenvalue weighted by molar-refractivity contribution is 9.10. The predicted octanol–water partition coefficient (Wildman–Crippen LogP) is 4.30. The molecule has 0 amide bonds. The number of fused-ring (bicyclic) bond motifs is 1. The zero-order chi connectivity index (χ0) is 13.4. The van der Waals surface area contributed by atoms with Gasteiger partial charge < -0.3 is 9.67 Å². The van der Waals surface area contributed by atoms with E-state index in [0.29, 0.717) is 11.0 Å². The Labute approximate surface area is 118 Å². The maximum Gasteiger partial charge on any atom is 0.137 e. The quantitative estimate of drug-likeness (QED) is 0.748. The third-order valence-electron chi connectivity index (χ3n) is 3.09. The number of hydrogen-bond donors (Lipinski definition) is 1. The molecule has 0 radical (unpaired) electrons. The Morgan fingerprint density at radius 3 is 2.74 bits per heavy atom. The molecule has 0 saturated heterocycles. The number of benzene rings is 2. The molecule has 0 aliphatic rings. The average molecular weight is 320 g/mol. The fourth-order valence-electron chi connectivity index (χ4n) is 2.16. The lowest BCUT2D eigenvalue weighted by Gasteiger charge is -2.06. The predicted molar refractivity (Wildman–Crippen MR) is 76.8 cm³/mol. The molecule has 3 rings (SSSR count). The molecule has 0 aliphatic heterocycles. The van der Waals surface area contributed by atoms with Crippen LogP contribution in [0.4, 0.5) is 4.39 Å². The lowest BCUT2D eigenvalue weighted by atomic mass is 10.2. The Hall–Kier alpha value is -1.81. The van der Waals surface area contributed by atoms with Crippen LogP contribution in [0.5, 0.6) is 5.75 Å². The SMILES string of the molecule is Oc1ccc2c(ccn2Cc2ccc(Br)c(F)c2)c1. The van der Waals surface area contributed by atoms with Gasteiger partial charge in [-0.2, -0.15) is 0 Å². The fraction of sp³-hybridized carbons (Fsp3) is 0.0667. The molecule has 0 unspecified atom stereocenters. The Balaban J connectivity index is 1.98. The van der Waals surface area contributed by atoms with Crippen molar-refractivity contribution in [1.29, 1.82) is 0 Å². The second-order valence-corrected chi connectivity index (χ2v) is 5.29. The molecular weight excluding hydrogens is 309 g/mol. The minimum Gasteiger partial charge on any atom is -0.508 e. The summed E-state index contributed by atoms with van der Waals surface area (Å²) in [4.78, 5) is 0. The van der Waals surface area contributed by atoms with Crippen molar-refractivity contribution in [3.8, 4) is 5.75 Å². The number of halogens is 2. The average Bonchev–Trinajstić information content (AvgIpc) is 2.76. The van der Waals surface area contributed by atoms with Gasteiger partial charge in [0.25, 0.3) is 0 Å². The zero-order valence-electron chi connectivity index (χ0n) is 9.98. The van der Waals surface area contributed by atoms with Gasteiger partial charge >= 0.3 is 0 Å². The van der Waals surface area contributed by atoms with Crippen molar-refractivity contribution in [2.24, 2.45) is 0 Å². The summed E-state index contributed by atoms with van der Waals surface area (Å²) >= 11 is 3.15. The molecule has 0 atom stereocenters. The molecule has 19 heavy (non-hydrogen) atoms. The van der Waals surface area contributed by atoms with E-state index >= 15 is 0 Å². The van der Waals surface area contributed by atoms with Gasteiger partial charge in [0.2, 0.25) is 0 Å². The van der Waals surface area contributed by atoms with E-state index < -0.39 is 0 Å². The van der Waals surface area contributed by atoms with Crippen LogP contribution in [0.15, 0.2) is 53.1 Å². The molecule has 0 fully saturated rings. The van der Waals surface area contributed by atoms with Crippen LogP contribution in [0.25, 0.3) is 10.9 Å². The van der Waals surface area contributed by atoms with E-state index in [2.05, 4.69) is 15.9 Å². The third-order valence-corrected chi connectivity index (χ3v) is 3.73. The summed E-state index contributed by atoms with van der Waals surface area (Å²) in [6, 6.07) is 12.3. The standard InChI is InChI=1S/C15H11BrFNO/c16-13-3-1-10(7-14(13)17)9-18-6-5-11-8-12(19)2-4-15(11)18/h1-8,19H,9H2. The van der Waals surface area contributed by atoms with Gasteiger partial charge in [0.1, 0.15) is 11.6 Å². The monoisotopic (exact) mass is 319 g/mol. The Morgan fingerprint density at radius 1 is 1.11 bits per heavy atom. The Bertz CT molecular complexity index is 751. The molecular formula is C15H11BrFNO. The van der Waals surface area contributed by atoms with Crippen LogP contribution in [0.3, 0.4) is 0 Å². The molecule has 0 saturated carbocycles. The van der Waals surface area contributed by atoms with Gasteiger partial charge in [0.15, 0.2) is 0 Å². The van der Waals surface area contributed by atoms with Crippen LogP contribution < -0.4 is 0 Å². The van der Waals surface area contributed by atoms with Crippen LogP contribution in [0.2, 0.25) is 0 Å². The van der Waals surface area contributed by atoms with Crippen molar-refractivity contribution in [1.82, 2.24) is 4.57 Å². The number of aromatic nitrogens is 1. The Kier molecular flexibility index (Phi) is 3.03. The Morgan fingerprint density at radius 2 is 1.95 bits per heavy atom. The van der Waals surface area contributed by atoms with E-state index in [0.717, 1.165) is 16.5 Å². The first kappa shape index (κ1) is 12.2. The van der Waals surface area contributed by atoms with Crippen molar-refractivity contribution in [3.63, 3.8) is 0 Å². The van der Waals surface area contributed by atoms with Crippen LogP contribution in [-0.2, 0) is 6.54 Å². The van der Waals surface area contributed by atoms with Crippen molar-refractivity contribution in [3.05, 3.63) is 64.5 Å². The van der Waals surface area contributed by atoms with Gasteiger partial charge in [0.05, 0.1) is 4.47 Å². The summed E-state index contributed by atoms with van der Waals surface area (Å²) in [5.41, 5.74) is 1.91. The maximum absolute atomic E-state index is 13.5. The van der Waals surface area contributed by atoms with E-state index in [1.165, 1.54) is 6.07 Å². The lowest BCUT2D eigenvalue weighted by molar-refractivity contribution is 0.476. The topological polar surface area (TPSA) is 25.2 Å². The van der Waals surface area contributed by atoms with E-state index in [9.17, 15) is 9.50 Å². The summed E-state index contributed by atoms with van der Waals surface area (Å²) in [6.45, 7) is 0.596. The molecule has 0 bridgehead atoms. The van der Waals surface area contributed by atoms with E-state index in [1.807, 2.05) is 29.0 Å².